The molecule has 1 unspecified atom stereocenters. The maximum absolute atomic E-state index is 13.9. The monoisotopic (exact) mass is 599 g/mol. The van der Waals surface area contributed by atoms with Gasteiger partial charge in [-0.1, -0.05) is 23.7 Å². The highest BCUT2D eigenvalue weighted by Crippen LogP contribution is 2.36. The van der Waals surface area contributed by atoms with E-state index in [1.54, 1.807) is 10.6 Å². The summed E-state index contributed by atoms with van der Waals surface area (Å²) in [6.07, 6.45) is 1.89. The lowest BCUT2D eigenvalue weighted by atomic mass is 10.1. The highest BCUT2D eigenvalue weighted by Gasteiger charge is 2.36. The molecule has 0 radical (unpaired) electrons. The summed E-state index contributed by atoms with van der Waals surface area (Å²) in [6.45, 7) is 2.48. The summed E-state index contributed by atoms with van der Waals surface area (Å²) >= 11 is 6.68. The molecule has 2 fully saturated rings. The summed E-state index contributed by atoms with van der Waals surface area (Å²) in [7, 11) is -3.30. The maximum atomic E-state index is 13.9. The van der Waals surface area contributed by atoms with Crippen LogP contribution in [0.25, 0.3) is 17.1 Å². The number of nitrogens with one attached hydrogen (secondary N) is 2. The van der Waals surface area contributed by atoms with Crippen molar-refractivity contribution >= 4 is 27.6 Å². The van der Waals surface area contributed by atoms with Crippen LogP contribution in [0, 0.1) is 0 Å². The number of hydrogen-bond donors (Lipinski definition) is 2. The lowest BCUT2D eigenvalue weighted by Crippen LogP contribution is -2.42. The Morgan fingerprint density at radius 3 is 2.60 bits per heavy atom. The lowest BCUT2D eigenvalue weighted by Gasteiger charge is -2.30. The molecule has 4 heterocycles. The molecule has 5 rings (SSSR count). The van der Waals surface area contributed by atoms with Crippen LogP contribution in [0.3, 0.4) is 0 Å². The Balaban J connectivity index is 1.37. The fraction of sp³-hybridized carbons (Fsp3) is 0.480. The number of piperidine rings is 1. The van der Waals surface area contributed by atoms with E-state index in [2.05, 4.69) is 25.6 Å². The molecule has 0 bridgehead atoms. The molecule has 2 aliphatic heterocycles. The largest absolute Gasteiger partial charge is 0.420 e. The second-order valence-corrected chi connectivity index (χ2v) is 12.3. The van der Waals surface area contributed by atoms with E-state index >= 15 is 0 Å². The summed E-state index contributed by atoms with van der Waals surface area (Å²) in [5, 5.41) is 6.92. The lowest BCUT2D eigenvalue weighted by molar-refractivity contribution is -0.137. The summed E-state index contributed by atoms with van der Waals surface area (Å²) in [5.74, 6) is 0.0114. The molecular formula is C25H29ClF3N7O3S. The Bertz CT molecular complexity index is 1450. The average Bonchev–Trinajstić information content (AvgIpc) is 3.60. The van der Waals surface area contributed by atoms with Crippen molar-refractivity contribution in [2.75, 3.05) is 37.9 Å². The van der Waals surface area contributed by atoms with Gasteiger partial charge in [-0.15, -0.1) is 0 Å². The molecule has 15 heteroatoms. The van der Waals surface area contributed by atoms with Crippen LogP contribution in [0.1, 0.15) is 30.4 Å². The second-order valence-electron chi connectivity index (χ2n) is 9.89. The first-order chi connectivity index (χ1) is 19.0. The number of aromatic nitrogens is 4. The van der Waals surface area contributed by atoms with Crippen LogP contribution in [-0.4, -0.2) is 76.9 Å². The van der Waals surface area contributed by atoms with Crippen molar-refractivity contribution in [2.45, 2.75) is 44.1 Å². The molecule has 10 nitrogen and oxygen atoms in total. The molecule has 2 saturated heterocycles. The van der Waals surface area contributed by atoms with Crippen LogP contribution >= 0.6 is 11.6 Å². The van der Waals surface area contributed by atoms with Crippen molar-refractivity contribution in [2.24, 2.45) is 0 Å². The highest BCUT2D eigenvalue weighted by atomic mass is 35.5. The minimum absolute atomic E-state index is 0.00682. The molecule has 0 amide bonds. The Morgan fingerprint density at radius 1 is 1.15 bits per heavy atom. The van der Waals surface area contributed by atoms with Crippen LogP contribution in [-0.2, 0) is 27.5 Å². The van der Waals surface area contributed by atoms with Gasteiger partial charge in [-0.05, 0) is 30.9 Å². The van der Waals surface area contributed by atoms with Crippen molar-refractivity contribution < 1.29 is 26.3 Å². The van der Waals surface area contributed by atoms with E-state index in [9.17, 15) is 21.6 Å². The third kappa shape index (κ3) is 6.57. The molecule has 0 aliphatic carbocycles. The molecule has 2 aliphatic rings. The van der Waals surface area contributed by atoms with Gasteiger partial charge < -0.3 is 19.9 Å². The normalized spacial score (nSPS) is 19.3. The molecule has 0 spiro atoms. The van der Waals surface area contributed by atoms with Crippen LogP contribution in [0.5, 0.6) is 0 Å². The Labute approximate surface area is 235 Å². The van der Waals surface area contributed by atoms with E-state index < -0.39 is 21.8 Å². The van der Waals surface area contributed by atoms with Crippen LogP contribution in [0.4, 0.5) is 19.1 Å². The first kappa shape index (κ1) is 28.7. The fourth-order valence-corrected chi connectivity index (χ4v) is 5.96. The molecule has 1 atom stereocenters. The minimum atomic E-state index is -4.70. The fourth-order valence-electron chi connectivity index (χ4n) is 4.80. The van der Waals surface area contributed by atoms with E-state index in [4.69, 9.17) is 16.3 Å². The van der Waals surface area contributed by atoms with E-state index in [1.807, 2.05) is 12.1 Å². The SMILES string of the molecule is CS(=O)(=O)N1CCC(Nc2ncc(C(F)(F)F)c(-c3cn(-c4cccc(CNC5CCOC5)c4Cl)cn3)n2)CC1. The molecule has 2 aromatic heterocycles. The van der Waals surface area contributed by atoms with Gasteiger partial charge in [0.1, 0.15) is 23.3 Å². The topological polar surface area (TPSA) is 114 Å². The molecular weight excluding hydrogens is 571 g/mol. The predicted octanol–water partition coefficient (Wildman–Crippen LogP) is 3.72. The number of imidazole rings is 1. The van der Waals surface area contributed by atoms with E-state index in [0.717, 1.165) is 24.4 Å². The number of halogens is 4. The van der Waals surface area contributed by atoms with Crippen LogP contribution < -0.4 is 10.6 Å². The Kier molecular flexibility index (Phi) is 8.34. The Morgan fingerprint density at radius 2 is 1.93 bits per heavy atom. The van der Waals surface area contributed by atoms with Gasteiger partial charge in [-0.25, -0.2) is 27.7 Å². The smallest absolute Gasteiger partial charge is 0.380 e. The van der Waals surface area contributed by atoms with Gasteiger partial charge in [-0.3, -0.25) is 0 Å². The quantitative estimate of drug-likeness (QED) is 0.403. The van der Waals surface area contributed by atoms with Crippen LogP contribution in [0.2, 0.25) is 5.02 Å². The van der Waals surface area contributed by atoms with Crippen molar-refractivity contribution in [3.05, 3.63) is 53.1 Å². The van der Waals surface area contributed by atoms with E-state index in [0.29, 0.717) is 56.4 Å². The van der Waals surface area contributed by atoms with E-state index in [1.165, 1.54) is 16.8 Å². The first-order valence-electron chi connectivity index (χ1n) is 12.8. The predicted molar refractivity (Wildman–Crippen MR) is 144 cm³/mol. The highest BCUT2D eigenvalue weighted by molar-refractivity contribution is 7.88. The average molecular weight is 600 g/mol. The zero-order chi connectivity index (χ0) is 28.5. The zero-order valence-electron chi connectivity index (χ0n) is 21.7. The van der Waals surface area contributed by atoms with Crippen molar-refractivity contribution in [1.29, 1.82) is 0 Å². The summed E-state index contributed by atoms with van der Waals surface area (Å²) in [6, 6.07) is 5.53. The number of ether oxygens (including phenoxy) is 1. The minimum Gasteiger partial charge on any atom is -0.380 e. The number of alkyl halides is 3. The van der Waals surface area contributed by atoms with Gasteiger partial charge in [0, 0.05) is 50.7 Å². The standard InChI is InChI=1S/C25H29ClF3N7O3S/c1-40(37,38)36-8-5-17(6-9-36)33-24-31-12-19(25(27,28)29)23(34-24)20-13-35(15-32-20)21-4-2-3-16(22(21)26)11-30-18-7-10-39-14-18/h2-4,12-13,15,17-18,30H,5-11,14H2,1H3,(H,31,33,34). The third-order valence-corrected chi connectivity index (χ3v) is 8.76. The first-order valence-corrected chi connectivity index (χ1v) is 15.0. The molecule has 3 aromatic rings. The zero-order valence-corrected chi connectivity index (χ0v) is 23.2. The van der Waals surface area contributed by atoms with Gasteiger partial charge in [0.25, 0.3) is 0 Å². The Hall–Kier alpha value is -2.78. The molecule has 40 heavy (non-hydrogen) atoms. The maximum Gasteiger partial charge on any atom is 0.420 e. The van der Waals surface area contributed by atoms with Gasteiger partial charge in [0.2, 0.25) is 16.0 Å². The van der Waals surface area contributed by atoms with Gasteiger partial charge in [0.15, 0.2) is 0 Å². The number of anilines is 1. The number of benzene rings is 1. The number of nitrogens with zero attached hydrogens (tertiary/aromatic N) is 5. The molecule has 1 aromatic carbocycles. The van der Waals surface area contributed by atoms with Gasteiger partial charge >= 0.3 is 6.18 Å². The van der Waals surface area contributed by atoms with Gasteiger partial charge in [-0.2, -0.15) is 13.2 Å². The second kappa shape index (κ2) is 11.6. The summed E-state index contributed by atoms with van der Waals surface area (Å²) < 4.78 is 73.6. The molecule has 0 saturated carbocycles. The van der Waals surface area contributed by atoms with Crippen LogP contribution in [0.15, 0.2) is 36.9 Å². The van der Waals surface area contributed by atoms with E-state index in [-0.39, 0.29) is 29.4 Å². The molecule has 216 valence electrons. The van der Waals surface area contributed by atoms with Gasteiger partial charge in [0.05, 0.1) is 23.6 Å². The van der Waals surface area contributed by atoms with Crippen molar-refractivity contribution in [1.82, 2.24) is 29.1 Å². The number of sulfonamides is 1. The van der Waals surface area contributed by atoms with Crippen molar-refractivity contribution in [3.8, 4) is 17.1 Å². The number of hydrogen-bond acceptors (Lipinski definition) is 8. The third-order valence-electron chi connectivity index (χ3n) is 7.02. The summed E-state index contributed by atoms with van der Waals surface area (Å²) in [5.41, 5.74) is 0.0339. The van der Waals surface area contributed by atoms with Crippen molar-refractivity contribution in [3.63, 3.8) is 0 Å². The summed E-state index contributed by atoms with van der Waals surface area (Å²) in [4.78, 5) is 12.3. The number of rotatable bonds is 8. The molecule has 2 N–H and O–H groups in total.